The SMILES string of the molecule is Cc1ccc(-c2[nH]ncc2CNCc2ccccc2C)o1. The van der Waals surface area contributed by atoms with Crippen LogP contribution >= 0.6 is 0 Å². The Labute approximate surface area is 124 Å². The zero-order valence-corrected chi connectivity index (χ0v) is 12.3. The van der Waals surface area contributed by atoms with Gasteiger partial charge in [-0.05, 0) is 37.1 Å². The molecule has 3 aromatic rings. The van der Waals surface area contributed by atoms with Crippen molar-refractivity contribution in [3.8, 4) is 11.5 Å². The summed E-state index contributed by atoms with van der Waals surface area (Å²) in [4.78, 5) is 0. The molecule has 0 saturated heterocycles. The van der Waals surface area contributed by atoms with Gasteiger partial charge in [-0.3, -0.25) is 5.10 Å². The van der Waals surface area contributed by atoms with Crippen molar-refractivity contribution in [2.24, 2.45) is 0 Å². The van der Waals surface area contributed by atoms with Crippen molar-refractivity contribution in [2.75, 3.05) is 0 Å². The Morgan fingerprint density at radius 3 is 2.62 bits per heavy atom. The van der Waals surface area contributed by atoms with E-state index in [2.05, 4.69) is 46.7 Å². The first-order valence-electron chi connectivity index (χ1n) is 7.08. The van der Waals surface area contributed by atoms with Crippen LogP contribution in [0, 0.1) is 13.8 Å². The lowest BCUT2D eigenvalue weighted by Gasteiger charge is -2.07. The maximum atomic E-state index is 5.65. The Hall–Kier alpha value is -2.33. The molecule has 0 saturated carbocycles. The van der Waals surface area contributed by atoms with Gasteiger partial charge in [-0.25, -0.2) is 0 Å². The van der Waals surface area contributed by atoms with E-state index in [1.54, 1.807) is 0 Å². The van der Waals surface area contributed by atoms with E-state index in [-0.39, 0.29) is 0 Å². The summed E-state index contributed by atoms with van der Waals surface area (Å²) >= 11 is 0. The summed E-state index contributed by atoms with van der Waals surface area (Å²) in [6, 6.07) is 12.3. The second-order valence-corrected chi connectivity index (χ2v) is 5.21. The molecule has 0 atom stereocenters. The number of rotatable bonds is 5. The zero-order chi connectivity index (χ0) is 14.7. The Morgan fingerprint density at radius 2 is 1.86 bits per heavy atom. The number of furan rings is 1. The fourth-order valence-electron chi connectivity index (χ4n) is 2.37. The molecule has 0 amide bonds. The summed E-state index contributed by atoms with van der Waals surface area (Å²) in [5, 5.41) is 10.6. The molecule has 0 fully saturated rings. The van der Waals surface area contributed by atoms with Gasteiger partial charge in [0.1, 0.15) is 11.5 Å². The minimum absolute atomic E-state index is 0.750. The quantitative estimate of drug-likeness (QED) is 0.751. The van der Waals surface area contributed by atoms with Crippen LogP contribution in [-0.2, 0) is 13.1 Å². The lowest BCUT2D eigenvalue weighted by atomic mass is 10.1. The molecule has 0 bridgehead atoms. The number of benzene rings is 1. The third-order valence-electron chi connectivity index (χ3n) is 3.60. The Kier molecular flexibility index (Phi) is 3.88. The number of hydrogen-bond donors (Lipinski definition) is 2. The average Bonchev–Trinajstić information content (AvgIpc) is 3.09. The molecule has 2 aromatic heterocycles. The number of nitrogens with one attached hydrogen (secondary N) is 2. The number of nitrogens with zero attached hydrogens (tertiary/aromatic N) is 1. The highest BCUT2D eigenvalue weighted by Crippen LogP contribution is 2.23. The van der Waals surface area contributed by atoms with Crippen molar-refractivity contribution in [1.29, 1.82) is 0 Å². The van der Waals surface area contributed by atoms with Crippen LogP contribution in [0.2, 0.25) is 0 Å². The Bertz CT molecular complexity index is 727. The highest BCUT2D eigenvalue weighted by molar-refractivity contribution is 5.56. The summed E-state index contributed by atoms with van der Waals surface area (Å²) in [6.45, 7) is 5.66. The molecule has 0 aliphatic rings. The van der Waals surface area contributed by atoms with Crippen LogP contribution in [0.1, 0.15) is 22.5 Å². The van der Waals surface area contributed by atoms with Crippen molar-refractivity contribution in [3.63, 3.8) is 0 Å². The molecule has 1 aromatic carbocycles. The number of H-pyrrole nitrogens is 1. The summed E-state index contributed by atoms with van der Waals surface area (Å²) in [5.41, 5.74) is 4.67. The van der Waals surface area contributed by atoms with Crippen LogP contribution in [0.5, 0.6) is 0 Å². The monoisotopic (exact) mass is 281 g/mol. The Balaban J connectivity index is 1.67. The van der Waals surface area contributed by atoms with E-state index in [9.17, 15) is 0 Å². The van der Waals surface area contributed by atoms with Crippen molar-refractivity contribution in [1.82, 2.24) is 15.5 Å². The topological polar surface area (TPSA) is 53.9 Å². The van der Waals surface area contributed by atoms with Crippen LogP contribution in [0.4, 0.5) is 0 Å². The largest absolute Gasteiger partial charge is 0.460 e. The first-order valence-corrected chi connectivity index (χ1v) is 7.08. The molecule has 4 nitrogen and oxygen atoms in total. The summed E-state index contributed by atoms with van der Waals surface area (Å²) in [5.74, 6) is 1.73. The van der Waals surface area contributed by atoms with Crippen LogP contribution in [0.15, 0.2) is 47.0 Å². The molecule has 0 aliphatic carbocycles. The minimum Gasteiger partial charge on any atom is -0.460 e. The van der Waals surface area contributed by atoms with Crippen molar-refractivity contribution in [3.05, 3.63) is 65.0 Å². The summed E-state index contributed by atoms with van der Waals surface area (Å²) in [7, 11) is 0. The van der Waals surface area contributed by atoms with Gasteiger partial charge in [-0.15, -0.1) is 0 Å². The van der Waals surface area contributed by atoms with Crippen LogP contribution in [-0.4, -0.2) is 10.2 Å². The number of hydrogen-bond acceptors (Lipinski definition) is 3. The molecular formula is C17H19N3O. The van der Waals surface area contributed by atoms with Crippen molar-refractivity contribution in [2.45, 2.75) is 26.9 Å². The third-order valence-corrected chi connectivity index (χ3v) is 3.60. The molecule has 4 heteroatoms. The summed E-state index contributed by atoms with van der Waals surface area (Å²) < 4.78 is 5.65. The highest BCUT2D eigenvalue weighted by Gasteiger charge is 2.10. The number of aromatic nitrogens is 2. The molecule has 0 aliphatic heterocycles. The van der Waals surface area contributed by atoms with Gasteiger partial charge < -0.3 is 9.73 Å². The van der Waals surface area contributed by atoms with E-state index in [1.165, 1.54) is 11.1 Å². The molecule has 0 spiro atoms. The van der Waals surface area contributed by atoms with Gasteiger partial charge >= 0.3 is 0 Å². The molecule has 3 rings (SSSR count). The first kappa shape index (κ1) is 13.6. The normalized spacial score (nSPS) is 11.0. The minimum atomic E-state index is 0.750. The van der Waals surface area contributed by atoms with Crippen LogP contribution in [0.3, 0.4) is 0 Å². The Morgan fingerprint density at radius 1 is 1.05 bits per heavy atom. The molecule has 0 unspecified atom stereocenters. The predicted molar refractivity (Wildman–Crippen MR) is 82.7 cm³/mol. The van der Waals surface area contributed by atoms with Gasteiger partial charge in [-0.2, -0.15) is 5.10 Å². The number of aromatic amines is 1. The second-order valence-electron chi connectivity index (χ2n) is 5.21. The standard InChI is InChI=1S/C17H19N3O/c1-12-5-3-4-6-14(12)9-18-10-15-11-19-20-17(15)16-8-7-13(2)21-16/h3-8,11,18H,9-10H2,1-2H3,(H,19,20). The van der Waals surface area contributed by atoms with Crippen molar-refractivity contribution >= 4 is 0 Å². The first-order chi connectivity index (χ1) is 10.2. The van der Waals surface area contributed by atoms with Crippen LogP contribution in [0.25, 0.3) is 11.5 Å². The van der Waals surface area contributed by atoms with E-state index in [0.717, 1.165) is 35.9 Å². The second kappa shape index (κ2) is 5.97. The van der Waals surface area contributed by atoms with E-state index >= 15 is 0 Å². The van der Waals surface area contributed by atoms with Crippen molar-refractivity contribution < 1.29 is 4.42 Å². The zero-order valence-electron chi connectivity index (χ0n) is 12.3. The van der Waals surface area contributed by atoms with Gasteiger partial charge in [0.25, 0.3) is 0 Å². The van der Waals surface area contributed by atoms with E-state index in [4.69, 9.17) is 4.42 Å². The average molecular weight is 281 g/mol. The fraction of sp³-hybridized carbons (Fsp3) is 0.235. The van der Waals surface area contributed by atoms with Gasteiger partial charge in [0.2, 0.25) is 0 Å². The molecule has 108 valence electrons. The molecular weight excluding hydrogens is 262 g/mol. The smallest absolute Gasteiger partial charge is 0.152 e. The lowest BCUT2D eigenvalue weighted by molar-refractivity contribution is 0.545. The van der Waals surface area contributed by atoms with E-state index < -0.39 is 0 Å². The van der Waals surface area contributed by atoms with Gasteiger partial charge in [0.05, 0.1) is 6.20 Å². The number of aryl methyl sites for hydroxylation is 2. The predicted octanol–water partition coefficient (Wildman–Crippen LogP) is 3.58. The fourth-order valence-corrected chi connectivity index (χ4v) is 2.37. The van der Waals surface area contributed by atoms with Gasteiger partial charge in [0, 0.05) is 18.7 Å². The highest BCUT2D eigenvalue weighted by atomic mass is 16.3. The maximum Gasteiger partial charge on any atom is 0.152 e. The van der Waals surface area contributed by atoms with E-state index in [1.807, 2.05) is 25.3 Å². The van der Waals surface area contributed by atoms with Crippen LogP contribution < -0.4 is 5.32 Å². The lowest BCUT2D eigenvalue weighted by Crippen LogP contribution is -2.13. The molecule has 21 heavy (non-hydrogen) atoms. The maximum absolute atomic E-state index is 5.65. The molecule has 2 heterocycles. The van der Waals surface area contributed by atoms with E-state index in [0.29, 0.717) is 0 Å². The van der Waals surface area contributed by atoms with Gasteiger partial charge in [0.15, 0.2) is 5.76 Å². The van der Waals surface area contributed by atoms with Gasteiger partial charge in [-0.1, -0.05) is 24.3 Å². The molecule has 0 radical (unpaired) electrons. The molecule has 2 N–H and O–H groups in total. The summed E-state index contributed by atoms with van der Waals surface area (Å²) in [6.07, 6.45) is 1.85. The third kappa shape index (κ3) is 3.06.